The number of aromatic nitrogens is 1. The summed E-state index contributed by atoms with van der Waals surface area (Å²) in [5.74, 6) is 0. The molecule has 0 N–H and O–H groups in total. The molecule has 2 aromatic rings. The molecular formula is C13H11F2N. The number of allylic oxidation sites excluding steroid dienone is 1. The topological polar surface area (TPSA) is 4.93 Å². The van der Waals surface area contributed by atoms with E-state index in [0.29, 0.717) is 5.70 Å². The fraction of sp³-hybridized carbons (Fsp3) is 0.0769. The van der Waals surface area contributed by atoms with Gasteiger partial charge in [-0.1, -0.05) is 30.3 Å². The average molecular weight is 219 g/mol. The molecule has 1 aromatic carbocycles. The van der Waals surface area contributed by atoms with Crippen LogP contribution in [0, 0.1) is 0 Å². The first-order chi connectivity index (χ1) is 7.77. The molecule has 0 radical (unpaired) electrons. The first-order valence-corrected chi connectivity index (χ1v) is 4.96. The molecule has 0 atom stereocenters. The lowest BCUT2D eigenvalue weighted by molar-refractivity contribution is 0.204. The molecular weight excluding hydrogens is 208 g/mol. The monoisotopic (exact) mass is 219 g/mol. The highest BCUT2D eigenvalue weighted by molar-refractivity contribution is 5.66. The Kier molecular flexibility index (Phi) is 3.15. The number of benzene rings is 1. The second-order valence-corrected chi connectivity index (χ2v) is 3.34. The summed E-state index contributed by atoms with van der Waals surface area (Å²) >= 11 is 0. The van der Waals surface area contributed by atoms with Crippen LogP contribution >= 0.6 is 0 Å². The quantitative estimate of drug-likeness (QED) is 0.742. The molecule has 0 aliphatic carbocycles. The third kappa shape index (κ3) is 2.37. The Morgan fingerprint density at radius 1 is 1.00 bits per heavy atom. The van der Waals surface area contributed by atoms with Gasteiger partial charge in [0, 0.05) is 18.5 Å². The van der Waals surface area contributed by atoms with E-state index in [1.54, 1.807) is 17.0 Å². The zero-order valence-corrected chi connectivity index (χ0v) is 8.55. The molecule has 0 saturated carbocycles. The summed E-state index contributed by atoms with van der Waals surface area (Å²) in [5.41, 5.74) is 1.28. The van der Waals surface area contributed by atoms with Crippen molar-refractivity contribution in [1.82, 2.24) is 4.57 Å². The van der Waals surface area contributed by atoms with Crippen LogP contribution < -0.4 is 0 Å². The van der Waals surface area contributed by atoms with Crippen molar-refractivity contribution in [3.63, 3.8) is 0 Å². The van der Waals surface area contributed by atoms with Gasteiger partial charge in [0.15, 0.2) is 0 Å². The highest BCUT2D eigenvalue weighted by Crippen LogP contribution is 2.18. The molecule has 1 heterocycles. The number of alkyl halides is 2. The van der Waals surface area contributed by atoms with Gasteiger partial charge < -0.3 is 4.57 Å². The molecule has 0 aliphatic rings. The van der Waals surface area contributed by atoms with Gasteiger partial charge in [0.25, 0.3) is 6.43 Å². The lowest BCUT2D eigenvalue weighted by atomic mass is 10.1. The first kappa shape index (κ1) is 10.6. The van der Waals surface area contributed by atoms with Gasteiger partial charge in [-0.25, -0.2) is 8.78 Å². The fourth-order valence-electron chi connectivity index (χ4n) is 1.55. The van der Waals surface area contributed by atoms with E-state index in [4.69, 9.17) is 0 Å². The van der Waals surface area contributed by atoms with Gasteiger partial charge in [0.1, 0.15) is 0 Å². The predicted molar refractivity (Wildman–Crippen MR) is 60.3 cm³/mol. The Morgan fingerprint density at radius 3 is 2.19 bits per heavy atom. The third-order valence-electron chi connectivity index (χ3n) is 2.24. The van der Waals surface area contributed by atoms with Crippen molar-refractivity contribution >= 4 is 5.70 Å². The molecule has 0 amide bonds. The van der Waals surface area contributed by atoms with E-state index in [9.17, 15) is 8.78 Å². The first-order valence-electron chi connectivity index (χ1n) is 4.96. The lowest BCUT2D eigenvalue weighted by Crippen LogP contribution is -1.98. The van der Waals surface area contributed by atoms with Gasteiger partial charge in [-0.3, -0.25) is 0 Å². The third-order valence-corrected chi connectivity index (χ3v) is 2.24. The number of halogens is 2. The highest BCUT2D eigenvalue weighted by Gasteiger charge is 2.06. The van der Waals surface area contributed by atoms with Crippen LogP contribution in [0.1, 0.15) is 5.56 Å². The Labute approximate surface area is 92.6 Å². The van der Waals surface area contributed by atoms with Crippen molar-refractivity contribution in [2.75, 3.05) is 0 Å². The summed E-state index contributed by atoms with van der Waals surface area (Å²) in [7, 11) is 0. The predicted octanol–water partition coefficient (Wildman–Crippen LogP) is 3.64. The van der Waals surface area contributed by atoms with Crippen LogP contribution in [0.4, 0.5) is 8.78 Å². The highest BCUT2D eigenvalue weighted by atomic mass is 19.3. The SMILES string of the molecule is FC(F)/C=C(/c1ccccc1)n1cccc1. The van der Waals surface area contributed by atoms with Crippen LogP contribution in [0.2, 0.25) is 0 Å². The van der Waals surface area contributed by atoms with Crippen LogP contribution in [0.5, 0.6) is 0 Å². The minimum absolute atomic E-state index is 0.501. The lowest BCUT2D eigenvalue weighted by Gasteiger charge is -2.09. The van der Waals surface area contributed by atoms with Crippen molar-refractivity contribution in [2.45, 2.75) is 6.43 Å². The van der Waals surface area contributed by atoms with E-state index in [1.807, 2.05) is 42.5 Å². The summed E-state index contributed by atoms with van der Waals surface area (Å²) in [6.07, 6.45) is 2.00. The molecule has 0 spiro atoms. The van der Waals surface area contributed by atoms with Crippen molar-refractivity contribution < 1.29 is 8.78 Å². The van der Waals surface area contributed by atoms with Crippen LogP contribution in [-0.2, 0) is 0 Å². The number of hydrogen-bond acceptors (Lipinski definition) is 0. The maximum atomic E-state index is 12.5. The molecule has 1 aromatic heterocycles. The van der Waals surface area contributed by atoms with E-state index < -0.39 is 6.43 Å². The van der Waals surface area contributed by atoms with Gasteiger partial charge in [-0.05, 0) is 17.7 Å². The van der Waals surface area contributed by atoms with Crippen LogP contribution in [0.15, 0.2) is 60.9 Å². The second-order valence-electron chi connectivity index (χ2n) is 3.34. The maximum absolute atomic E-state index is 12.5. The maximum Gasteiger partial charge on any atom is 0.259 e. The normalized spacial score (nSPS) is 12.1. The molecule has 82 valence electrons. The molecule has 1 nitrogen and oxygen atoms in total. The minimum atomic E-state index is -2.46. The van der Waals surface area contributed by atoms with Gasteiger partial charge >= 0.3 is 0 Å². The molecule has 0 unspecified atom stereocenters. The Bertz CT molecular complexity index is 458. The van der Waals surface area contributed by atoms with E-state index in [-0.39, 0.29) is 0 Å². The zero-order chi connectivity index (χ0) is 11.4. The van der Waals surface area contributed by atoms with Gasteiger partial charge in [-0.15, -0.1) is 0 Å². The summed E-state index contributed by atoms with van der Waals surface area (Å²) in [5, 5.41) is 0. The number of rotatable bonds is 3. The molecule has 0 aliphatic heterocycles. The molecule has 0 saturated heterocycles. The largest absolute Gasteiger partial charge is 0.323 e. The average Bonchev–Trinajstić information content (AvgIpc) is 2.80. The number of nitrogens with zero attached hydrogens (tertiary/aromatic N) is 1. The van der Waals surface area contributed by atoms with Crippen molar-refractivity contribution in [2.24, 2.45) is 0 Å². The van der Waals surface area contributed by atoms with E-state index >= 15 is 0 Å². The van der Waals surface area contributed by atoms with E-state index in [1.165, 1.54) is 0 Å². The van der Waals surface area contributed by atoms with Crippen molar-refractivity contribution in [1.29, 1.82) is 0 Å². The Hall–Kier alpha value is -1.90. The van der Waals surface area contributed by atoms with Crippen LogP contribution in [0.25, 0.3) is 5.70 Å². The second kappa shape index (κ2) is 4.75. The summed E-state index contributed by atoms with van der Waals surface area (Å²) < 4.78 is 26.6. The molecule has 0 bridgehead atoms. The summed E-state index contributed by atoms with van der Waals surface area (Å²) in [6.45, 7) is 0. The van der Waals surface area contributed by atoms with Crippen molar-refractivity contribution in [3.8, 4) is 0 Å². The molecule has 16 heavy (non-hydrogen) atoms. The fourth-order valence-corrected chi connectivity index (χ4v) is 1.55. The van der Waals surface area contributed by atoms with E-state index in [0.717, 1.165) is 11.6 Å². The number of hydrogen-bond donors (Lipinski definition) is 0. The van der Waals surface area contributed by atoms with Crippen molar-refractivity contribution in [3.05, 3.63) is 66.5 Å². The van der Waals surface area contributed by atoms with Gasteiger partial charge in [-0.2, -0.15) is 0 Å². The summed E-state index contributed by atoms with van der Waals surface area (Å²) in [4.78, 5) is 0. The standard InChI is InChI=1S/C13H11F2N/c14-13(15)10-12(16-8-4-5-9-16)11-6-2-1-3-7-11/h1-10,13H/b12-10-. The van der Waals surface area contributed by atoms with Gasteiger partial charge in [0.2, 0.25) is 0 Å². The van der Waals surface area contributed by atoms with Crippen LogP contribution in [0.3, 0.4) is 0 Å². The van der Waals surface area contributed by atoms with Crippen LogP contribution in [-0.4, -0.2) is 11.0 Å². The molecule has 2 rings (SSSR count). The van der Waals surface area contributed by atoms with Gasteiger partial charge in [0.05, 0.1) is 5.70 Å². The smallest absolute Gasteiger partial charge is 0.259 e. The Balaban J connectivity index is 2.45. The zero-order valence-electron chi connectivity index (χ0n) is 8.55. The molecule has 0 fully saturated rings. The van der Waals surface area contributed by atoms with E-state index in [2.05, 4.69) is 0 Å². The summed E-state index contributed by atoms with van der Waals surface area (Å²) in [6, 6.07) is 12.8. The molecule has 3 heteroatoms. The minimum Gasteiger partial charge on any atom is -0.323 e. The Morgan fingerprint density at radius 2 is 1.62 bits per heavy atom.